The number of benzene rings is 1. The van der Waals surface area contributed by atoms with Crippen LogP contribution in [0.2, 0.25) is 0 Å². The number of hydrogen-bond acceptors (Lipinski definition) is 5. The quantitative estimate of drug-likeness (QED) is 0.794. The van der Waals surface area contributed by atoms with Crippen LogP contribution < -0.4 is 15.2 Å². The summed E-state index contributed by atoms with van der Waals surface area (Å²) in [5, 5.41) is 0. The second kappa shape index (κ2) is 7.83. The minimum atomic E-state index is -3.62. The van der Waals surface area contributed by atoms with Crippen LogP contribution in [0.1, 0.15) is 6.42 Å². The Labute approximate surface area is 145 Å². The second-order valence-electron chi connectivity index (χ2n) is 4.89. The van der Waals surface area contributed by atoms with Crippen LogP contribution in [0.4, 0.5) is 0 Å². The average Bonchev–Trinajstić information content (AvgIpc) is 2.96. The Bertz CT molecular complexity index is 627. The molecular formula is C13H20BrClN2O4S. The summed E-state index contributed by atoms with van der Waals surface area (Å²) < 4.78 is 38.1. The van der Waals surface area contributed by atoms with E-state index in [1.807, 2.05) is 0 Å². The van der Waals surface area contributed by atoms with Crippen molar-refractivity contribution in [1.29, 1.82) is 0 Å². The van der Waals surface area contributed by atoms with E-state index >= 15 is 0 Å². The van der Waals surface area contributed by atoms with Crippen LogP contribution in [0.25, 0.3) is 0 Å². The minimum absolute atomic E-state index is 0. The van der Waals surface area contributed by atoms with Gasteiger partial charge in [0.2, 0.25) is 10.0 Å². The van der Waals surface area contributed by atoms with Crippen molar-refractivity contribution < 1.29 is 17.9 Å². The molecule has 126 valence electrons. The molecule has 1 fully saturated rings. The van der Waals surface area contributed by atoms with Crippen LogP contribution in [-0.2, 0) is 10.0 Å². The van der Waals surface area contributed by atoms with Crippen LogP contribution in [0, 0.1) is 5.92 Å². The molecule has 1 saturated heterocycles. The summed E-state index contributed by atoms with van der Waals surface area (Å²) >= 11 is 3.32. The molecule has 1 aromatic rings. The Balaban J connectivity index is 0.00000242. The Hall–Kier alpha value is -0.540. The van der Waals surface area contributed by atoms with Crippen molar-refractivity contribution in [3.63, 3.8) is 0 Å². The van der Waals surface area contributed by atoms with Crippen molar-refractivity contribution in [1.82, 2.24) is 4.31 Å². The highest BCUT2D eigenvalue weighted by Gasteiger charge is 2.34. The van der Waals surface area contributed by atoms with E-state index in [1.54, 1.807) is 6.07 Å². The van der Waals surface area contributed by atoms with Gasteiger partial charge in [0.25, 0.3) is 0 Å². The summed E-state index contributed by atoms with van der Waals surface area (Å²) in [6.45, 7) is 1.42. The van der Waals surface area contributed by atoms with E-state index in [-0.39, 0.29) is 23.2 Å². The molecule has 6 nitrogen and oxygen atoms in total. The summed E-state index contributed by atoms with van der Waals surface area (Å²) in [7, 11) is -0.688. The van der Waals surface area contributed by atoms with Crippen molar-refractivity contribution in [2.45, 2.75) is 11.3 Å². The topological polar surface area (TPSA) is 81.9 Å². The van der Waals surface area contributed by atoms with E-state index in [4.69, 9.17) is 15.2 Å². The predicted octanol–water partition coefficient (Wildman–Crippen LogP) is 1.86. The number of halogens is 2. The van der Waals surface area contributed by atoms with Gasteiger partial charge in [-0.3, -0.25) is 0 Å². The Morgan fingerprint density at radius 2 is 1.95 bits per heavy atom. The van der Waals surface area contributed by atoms with Crippen LogP contribution in [0.5, 0.6) is 11.5 Å². The molecule has 1 heterocycles. The van der Waals surface area contributed by atoms with Gasteiger partial charge in [-0.2, -0.15) is 4.31 Å². The maximum absolute atomic E-state index is 12.8. The fraction of sp³-hybridized carbons (Fsp3) is 0.538. The lowest BCUT2D eigenvalue weighted by molar-refractivity contribution is 0.386. The second-order valence-corrected chi connectivity index (χ2v) is 7.65. The lowest BCUT2D eigenvalue weighted by atomic mass is 10.1. The molecule has 2 rings (SSSR count). The lowest BCUT2D eigenvalue weighted by Gasteiger charge is -2.19. The molecule has 0 amide bonds. The third kappa shape index (κ3) is 3.68. The first-order valence-corrected chi connectivity index (χ1v) is 8.79. The highest BCUT2D eigenvalue weighted by atomic mass is 79.9. The molecule has 9 heteroatoms. The van der Waals surface area contributed by atoms with Crippen LogP contribution in [0.15, 0.2) is 21.5 Å². The molecule has 0 saturated carbocycles. The molecular weight excluding hydrogens is 396 g/mol. The SMILES string of the molecule is COc1cc(S(=O)(=O)N2CCC(CN)C2)c(OC)cc1Br.Cl. The zero-order valence-electron chi connectivity index (χ0n) is 12.4. The maximum Gasteiger partial charge on any atom is 0.246 e. The van der Waals surface area contributed by atoms with Gasteiger partial charge in [0.15, 0.2) is 0 Å². The summed E-state index contributed by atoms with van der Waals surface area (Å²) in [5.74, 6) is 0.950. The highest BCUT2D eigenvalue weighted by Crippen LogP contribution is 2.37. The van der Waals surface area contributed by atoms with E-state index in [1.165, 1.54) is 24.6 Å². The van der Waals surface area contributed by atoms with E-state index in [9.17, 15) is 8.42 Å². The van der Waals surface area contributed by atoms with Gasteiger partial charge < -0.3 is 15.2 Å². The normalized spacial score (nSPS) is 18.8. The number of nitrogens with zero attached hydrogens (tertiary/aromatic N) is 1. The zero-order valence-corrected chi connectivity index (χ0v) is 15.6. The molecule has 1 atom stereocenters. The summed E-state index contributed by atoms with van der Waals surface area (Å²) in [6.07, 6.45) is 0.783. The maximum atomic E-state index is 12.8. The first-order valence-electron chi connectivity index (χ1n) is 6.55. The van der Waals surface area contributed by atoms with Gasteiger partial charge in [-0.15, -0.1) is 12.4 Å². The van der Waals surface area contributed by atoms with E-state index in [0.717, 1.165) is 6.42 Å². The van der Waals surface area contributed by atoms with Crippen molar-refractivity contribution in [2.75, 3.05) is 33.9 Å². The van der Waals surface area contributed by atoms with Crippen molar-refractivity contribution in [3.05, 3.63) is 16.6 Å². The Kier molecular flexibility index (Phi) is 6.94. The Morgan fingerprint density at radius 1 is 1.32 bits per heavy atom. The number of nitrogens with two attached hydrogens (primary N) is 1. The fourth-order valence-electron chi connectivity index (χ4n) is 2.38. The lowest BCUT2D eigenvalue weighted by Crippen LogP contribution is -2.30. The number of hydrogen-bond donors (Lipinski definition) is 1. The number of sulfonamides is 1. The summed E-state index contributed by atoms with van der Waals surface area (Å²) in [5.41, 5.74) is 5.63. The molecule has 0 aliphatic carbocycles. The Morgan fingerprint density at radius 3 is 2.45 bits per heavy atom. The summed E-state index contributed by atoms with van der Waals surface area (Å²) in [4.78, 5) is 0.114. The van der Waals surface area contributed by atoms with Gasteiger partial charge in [-0.05, 0) is 40.9 Å². The largest absolute Gasteiger partial charge is 0.496 e. The van der Waals surface area contributed by atoms with Crippen molar-refractivity contribution in [3.8, 4) is 11.5 Å². The molecule has 1 unspecified atom stereocenters. The van der Waals surface area contributed by atoms with Crippen LogP contribution in [0.3, 0.4) is 0 Å². The monoisotopic (exact) mass is 414 g/mol. The van der Waals surface area contributed by atoms with Gasteiger partial charge in [0.1, 0.15) is 16.4 Å². The fourth-order valence-corrected chi connectivity index (χ4v) is 4.55. The van der Waals surface area contributed by atoms with Crippen LogP contribution >= 0.6 is 28.3 Å². The smallest absolute Gasteiger partial charge is 0.246 e. The predicted molar refractivity (Wildman–Crippen MR) is 90.4 cm³/mol. The van der Waals surface area contributed by atoms with Crippen LogP contribution in [-0.4, -0.2) is 46.6 Å². The van der Waals surface area contributed by atoms with E-state index in [2.05, 4.69) is 15.9 Å². The third-order valence-corrected chi connectivity index (χ3v) is 6.14. The van der Waals surface area contributed by atoms with Gasteiger partial charge in [0, 0.05) is 19.2 Å². The third-order valence-electron chi connectivity index (χ3n) is 3.64. The van der Waals surface area contributed by atoms with E-state index in [0.29, 0.717) is 35.6 Å². The van der Waals surface area contributed by atoms with Crippen molar-refractivity contribution >= 4 is 38.4 Å². The molecule has 1 aliphatic heterocycles. The molecule has 2 N–H and O–H groups in total. The number of methoxy groups -OCH3 is 2. The molecule has 1 aromatic carbocycles. The standard InChI is InChI=1S/C13H19BrN2O4S.ClH/c1-19-11-6-13(12(20-2)5-10(11)14)21(17,18)16-4-3-9(7-15)8-16;/h5-6,9H,3-4,7-8,15H2,1-2H3;1H. The van der Waals surface area contributed by atoms with Crippen molar-refractivity contribution in [2.24, 2.45) is 11.7 Å². The number of rotatable bonds is 5. The number of ether oxygens (including phenoxy) is 2. The van der Waals surface area contributed by atoms with E-state index < -0.39 is 10.0 Å². The molecule has 0 aromatic heterocycles. The first-order chi connectivity index (χ1) is 9.93. The molecule has 0 bridgehead atoms. The first kappa shape index (κ1) is 19.5. The minimum Gasteiger partial charge on any atom is -0.496 e. The highest BCUT2D eigenvalue weighted by molar-refractivity contribution is 9.10. The molecule has 0 spiro atoms. The van der Waals surface area contributed by atoms with Gasteiger partial charge in [-0.25, -0.2) is 8.42 Å². The van der Waals surface area contributed by atoms with Gasteiger partial charge in [-0.1, -0.05) is 0 Å². The van der Waals surface area contributed by atoms with Gasteiger partial charge >= 0.3 is 0 Å². The molecule has 1 aliphatic rings. The zero-order chi connectivity index (χ0) is 15.6. The average molecular weight is 416 g/mol. The summed E-state index contributed by atoms with van der Waals surface area (Å²) in [6, 6.07) is 3.08. The molecule has 22 heavy (non-hydrogen) atoms. The molecule has 0 radical (unpaired) electrons. The van der Waals surface area contributed by atoms with Gasteiger partial charge in [0.05, 0.1) is 18.7 Å².